The van der Waals surface area contributed by atoms with Crippen LogP contribution in [0.2, 0.25) is 0 Å². The minimum Gasteiger partial charge on any atom is -0.244 e. The third-order valence-electron chi connectivity index (χ3n) is 1.35. The van der Waals surface area contributed by atoms with Crippen molar-refractivity contribution in [2.45, 2.75) is 13.3 Å². The number of nitrogens with zero attached hydrogens (tertiary/aromatic N) is 1. The topological polar surface area (TPSA) is 37.4 Å². The SMILES string of the molecule is CCCN1CCS(=O)S1=O. The maximum Gasteiger partial charge on any atom is 0.186 e. The van der Waals surface area contributed by atoms with Gasteiger partial charge in [-0.25, -0.2) is 12.7 Å². The average molecular weight is 181 g/mol. The minimum absolute atomic E-state index is 0.576. The molecule has 0 saturated carbocycles. The van der Waals surface area contributed by atoms with E-state index < -0.39 is 19.8 Å². The molecule has 0 radical (unpaired) electrons. The van der Waals surface area contributed by atoms with E-state index in [0.29, 0.717) is 5.75 Å². The molecule has 1 aliphatic heterocycles. The van der Waals surface area contributed by atoms with Crippen LogP contribution in [-0.2, 0) is 19.8 Å². The molecular formula is C5H11NO2S2. The summed E-state index contributed by atoms with van der Waals surface area (Å²) in [6, 6.07) is 0. The molecule has 0 spiro atoms. The summed E-state index contributed by atoms with van der Waals surface area (Å²) in [5, 5.41) is 0. The first-order chi connectivity index (χ1) is 4.75. The van der Waals surface area contributed by atoms with E-state index in [1.807, 2.05) is 6.92 Å². The summed E-state index contributed by atoms with van der Waals surface area (Å²) in [6.07, 6.45) is 0.975. The second-order valence-electron chi connectivity index (χ2n) is 2.15. The summed E-state index contributed by atoms with van der Waals surface area (Å²) in [4.78, 5) is 0. The fourth-order valence-electron chi connectivity index (χ4n) is 0.875. The van der Waals surface area contributed by atoms with Crippen molar-refractivity contribution < 1.29 is 8.42 Å². The molecule has 3 nitrogen and oxygen atoms in total. The van der Waals surface area contributed by atoms with Gasteiger partial charge in [0.2, 0.25) is 0 Å². The molecule has 0 amide bonds. The van der Waals surface area contributed by atoms with Gasteiger partial charge < -0.3 is 0 Å². The Labute approximate surface area is 65.2 Å². The van der Waals surface area contributed by atoms with Gasteiger partial charge in [0.25, 0.3) is 0 Å². The second-order valence-corrected chi connectivity index (χ2v) is 6.09. The molecule has 0 bridgehead atoms. The minimum atomic E-state index is -1.20. The van der Waals surface area contributed by atoms with E-state index in [1.54, 1.807) is 4.31 Å². The maximum atomic E-state index is 11.0. The van der Waals surface area contributed by atoms with Crippen LogP contribution in [0.5, 0.6) is 0 Å². The highest BCUT2D eigenvalue weighted by atomic mass is 33.1. The predicted molar refractivity (Wildman–Crippen MR) is 43.0 cm³/mol. The van der Waals surface area contributed by atoms with Crippen molar-refractivity contribution >= 4 is 19.8 Å². The van der Waals surface area contributed by atoms with Gasteiger partial charge in [0.15, 0.2) is 10.0 Å². The third kappa shape index (κ3) is 1.65. The lowest BCUT2D eigenvalue weighted by molar-refractivity contribution is 0.482. The average Bonchev–Trinajstić information content (AvgIpc) is 2.20. The van der Waals surface area contributed by atoms with Crippen LogP contribution in [0.3, 0.4) is 0 Å². The van der Waals surface area contributed by atoms with Crippen LogP contribution < -0.4 is 0 Å². The molecular weight excluding hydrogens is 170 g/mol. The molecule has 0 aromatic rings. The highest BCUT2D eigenvalue weighted by Crippen LogP contribution is 2.10. The van der Waals surface area contributed by atoms with Gasteiger partial charge >= 0.3 is 0 Å². The molecule has 1 heterocycles. The smallest absolute Gasteiger partial charge is 0.186 e. The van der Waals surface area contributed by atoms with E-state index in [2.05, 4.69) is 0 Å². The van der Waals surface area contributed by atoms with Crippen molar-refractivity contribution in [3.05, 3.63) is 0 Å². The maximum absolute atomic E-state index is 11.0. The van der Waals surface area contributed by atoms with Gasteiger partial charge in [-0.2, -0.15) is 0 Å². The van der Waals surface area contributed by atoms with Crippen LogP contribution in [0.15, 0.2) is 0 Å². The molecule has 0 N–H and O–H groups in total. The Morgan fingerprint density at radius 2 is 2.20 bits per heavy atom. The zero-order chi connectivity index (χ0) is 7.56. The highest BCUT2D eigenvalue weighted by molar-refractivity contribution is 8.60. The lowest BCUT2D eigenvalue weighted by atomic mass is 10.5. The Morgan fingerprint density at radius 3 is 2.60 bits per heavy atom. The first-order valence-corrected chi connectivity index (χ1v) is 6.25. The van der Waals surface area contributed by atoms with Crippen molar-refractivity contribution in [2.24, 2.45) is 0 Å². The van der Waals surface area contributed by atoms with Crippen molar-refractivity contribution in [1.29, 1.82) is 0 Å². The van der Waals surface area contributed by atoms with Crippen molar-refractivity contribution in [1.82, 2.24) is 4.31 Å². The van der Waals surface area contributed by atoms with Crippen LogP contribution in [0.4, 0.5) is 0 Å². The van der Waals surface area contributed by atoms with E-state index in [9.17, 15) is 8.42 Å². The van der Waals surface area contributed by atoms with Gasteiger partial charge in [0.1, 0.15) is 9.83 Å². The van der Waals surface area contributed by atoms with Gasteiger partial charge in [0, 0.05) is 13.1 Å². The Bertz CT molecular complexity index is 171. The van der Waals surface area contributed by atoms with E-state index in [-0.39, 0.29) is 0 Å². The summed E-state index contributed by atoms with van der Waals surface area (Å²) in [6.45, 7) is 3.56. The van der Waals surface area contributed by atoms with Gasteiger partial charge in [-0.15, -0.1) is 0 Å². The summed E-state index contributed by atoms with van der Waals surface area (Å²) < 4.78 is 23.6. The normalized spacial score (nSPS) is 34.9. The van der Waals surface area contributed by atoms with E-state index in [0.717, 1.165) is 19.5 Å². The molecule has 1 aliphatic rings. The van der Waals surface area contributed by atoms with Gasteiger partial charge in [-0.3, -0.25) is 0 Å². The molecule has 0 aliphatic carbocycles. The Hall–Kier alpha value is 0.260. The number of hydrogen-bond donors (Lipinski definition) is 0. The standard InChI is InChI=1S/C5H11NO2S2/c1-2-3-6-4-5-9(7)10(6)8/h2-5H2,1H3. The van der Waals surface area contributed by atoms with Crippen LogP contribution in [0.25, 0.3) is 0 Å². The lowest BCUT2D eigenvalue weighted by Crippen LogP contribution is -2.21. The van der Waals surface area contributed by atoms with Gasteiger partial charge in [-0.05, 0) is 6.42 Å². The van der Waals surface area contributed by atoms with Crippen LogP contribution in [0.1, 0.15) is 13.3 Å². The molecule has 0 aromatic carbocycles. The predicted octanol–water partition coefficient (Wildman–Crippen LogP) is 0.0394. The molecule has 5 heteroatoms. The molecule has 60 valence electrons. The molecule has 1 rings (SSSR count). The quantitative estimate of drug-likeness (QED) is 0.564. The monoisotopic (exact) mass is 181 g/mol. The highest BCUT2D eigenvalue weighted by Gasteiger charge is 2.26. The van der Waals surface area contributed by atoms with E-state index in [1.165, 1.54) is 0 Å². The number of hydrogen-bond acceptors (Lipinski definition) is 2. The molecule has 0 aromatic heterocycles. The van der Waals surface area contributed by atoms with Gasteiger partial charge in [-0.1, -0.05) is 6.92 Å². The summed E-state index contributed by atoms with van der Waals surface area (Å²) in [5.41, 5.74) is 0. The van der Waals surface area contributed by atoms with Crippen molar-refractivity contribution in [3.63, 3.8) is 0 Å². The molecule has 1 fully saturated rings. The van der Waals surface area contributed by atoms with E-state index >= 15 is 0 Å². The van der Waals surface area contributed by atoms with Crippen molar-refractivity contribution in [3.8, 4) is 0 Å². The van der Waals surface area contributed by atoms with Gasteiger partial charge in [0.05, 0.1) is 5.75 Å². The first-order valence-electron chi connectivity index (χ1n) is 3.31. The van der Waals surface area contributed by atoms with Crippen LogP contribution in [-0.4, -0.2) is 31.6 Å². The largest absolute Gasteiger partial charge is 0.244 e. The first kappa shape index (κ1) is 8.36. The molecule has 1 saturated heterocycles. The second kappa shape index (κ2) is 3.59. The molecule has 10 heavy (non-hydrogen) atoms. The summed E-state index contributed by atoms with van der Waals surface area (Å²) in [7, 11) is -2.30. The molecule has 2 unspecified atom stereocenters. The van der Waals surface area contributed by atoms with Crippen molar-refractivity contribution in [2.75, 3.05) is 18.8 Å². The fraction of sp³-hybridized carbons (Fsp3) is 1.00. The zero-order valence-corrected chi connectivity index (χ0v) is 7.54. The number of rotatable bonds is 2. The Morgan fingerprint density at radius 1 is 1.50 bits per heavy atom. The zero-order valence-electron chi connectivity index (χ0n) is 5.91. The third-order valence-corrected chi connectivity index (χ3v) is 5.06. The fourth-order valence-corrected chi connectivity index (χ4v) is 4.11. The van der Waals surface area contributed by atoms with Crippen LogP contribution in [0, 0.1) is 0 Å². The van der Waals surface area contributed by atoms with E-state index in [4.69, 9.17) is 0 Å². The summed E-state index contributed by atoms with van der Waals surface area (Å²) >= 11 is 0. The summed E-state index contributed by atoms with van der Waals surface area (Å²) in [5.74, 6) is 0.576. The lowest BCUT2D eigenvalue weighted by Gasteiger charge is -2.08. The Kier molecular flexibility index (Phi) is 3.00. The Balaban J connectivity index is 2.49. The van der Waals surface area contributed by atoms with Crippen LogP contribution >= 0.6 is 0 Å². The molecule has 2 atom stereocenters.